The van der Waals surface area contributed by atoms with Crippen molar-refractivity contribution < 1.29 is 10.0 Å². The first kappa shape index (κ1) is 12.6. The van der Waals surface area contributed by atoms with Crippen LogP contribution >= 0.6 is 23.2 Å². The van der Waals surface area contributed by atoms with Crippen molar-refractivity contribution in [3.05, 3.63) is 33.8 Å². The maximum absolute atomic E-state index is 11.4. The molecule has 1 aromatic carbocycles. The molecule has 0 saturated heterocycles. The van der Waals surface area contributed by atoms with Crippen LogP contribution in [0.3, 0.4) is 0 Å². The number of halogens is 2. The van der Waals surface area contributed by atoms with Crippen molar-refractivity contribution in [2.24, 2.45) is 10.9 Å². The highest BCUT2D eigenvalue weighted by Crippen LogP contribution is 2.24. The maximum atomic E-state index is 11.4. The molecule has 0 radical (unpaired) electrons. The Labute approximate surface area is 102 Å². The number of hydrogen-bond acceptors (Lipinski definition) is 3. The fourth-order valence-electron chi connectivity index (χ4n) is 1.07. The Kier molecular flexibility index (Phi) is 4.39. The molecule has 1 rings (SSSR count). The number of nitrogens with two attached hydrogens (primary N) is 1. The second kappa shape index (κ2) is 5.58. The Hall–Kier alpha value is -1.46. The minimum absolute atomic E-state index is 0.0469. The van der Waals surface area contributed by atoms with Crippen molar-refractivity contribution in [1.82, 2.24) is 5.32 Å². The van der Waals surface area contributed by atoms with Gasteiger partial charge >= 0.3 is 0 Å². The van der Waals surface area contributed by atoms with Gasteiger partial charge in [0, 0.05) is 10.0 Å². The summed E-state index contributed by atoms with van der Waals surface area (Å²) in [6.07, 6.45) is -0.0469. The van der Waals surface area contributed by atoms with E-state index in [4.69, 9.17) is 34.1 Å². The monoisotopic (exact) mass is 261 g/mol. The van der Waals surface area contributed by atoms with E-state index in [1.165, 1.54) is 0 Å². The summed E-state index contributed by atoms with van der Waals surface area (Å²) in [5, 5.41) is 13.8. The SMILES string of the molecule is N/C(=N\O)NC(=O)Cc1c(Cl)cccc1Cl. The average molecular weight is 262 g/mol. The van der Waals surface area contributed by atoms with E-state index in [1.807, 2.05) is 0 Å². The van der Waals surface area contributed by atoms with Gasteiger partial charge in [-0.3, -0.25) is 10.1 Å². The van der Waals surface area contributed by atoms with Crippen LogP contribution in [0.1, 0.15) is 5.56 Å². The zero-order valence-corrected chi connectivity index (χ0v) is 9.59. The van der Waals surface area contributed by atoms with Gasteiger partial charge in [-0.2, -0.15) is 0 Å². The van der Waals surface area contributed by atoms with E-state index in [9.17, 15) is 4.79 Å². The molecule has 86 valence electrons. The molecule has 0 heterocycles. The molecule has 5 nitrogen and oxygen atoms in total. The summed E-state index contributed by atoms with van der Waals surface area (Å²) in [6.45, 7) is 0. The Morgan fingerprint density at radius 2 is 2.00 bits per heavy atom. The first-order valence-electron chi connectivity index (χ1n) is 4.25. The molecule has 0 spiro atoms. The number of guanidine groups is 1. The standard InChI is InChI=1S/C9H9Cl2N3O2/c10-6-2-1-3-7(11)5(6)4-8(15)13-9(12)14-16/h1-3,16H,4H2,(H3,12,13,14,15). The van der Waals surface area contributed by atoms with Crippen LogP contribution in [-0.4, -0.2) is 17.1 Å². The number of carbonyl (C=O) groups excluding carboxylic acids is 1. The van der Waals surface area contributed by atoms with E-state index in [1.54, 1.807) is 18.2 Å². The van der Waals surface area contributed by atoms with Gasteiger partial charge in [0.1, 0.15) is 0 Å². The quantitative estimate of drug-likeness (QED) is 0.325. The summed E-state index contributed by atoms with van der Waals surface area (Å²) >= 11 is 11.7. The van der Waals surface area contributed by atoms with Crippen molar-refractivity contribution in [3.63, 3.8) is 0 Å². The van der Waals surface area contributed by atoms with Crippen LogP contribution in [0.5, 0.6) is 0 Å². The fourth-order valence-corrected chi connectivity index (χ4v) is 1.60. The Balaban J connectivity index is 2.77. The third kappa shape index (κ3) is 3.29. The topological polar surface area (TPSA) is 87.7 Å². The van der Waals surface area contributed by atoms with E-state index in [-0.39, 0.29) is 12.4 Å². The Morgan fingerprint density at radius 3 is 2.50 bits per heavy atom. The van der Waals surface area contributed by atoms with E-state index < -0.39 is 5.91 Å². The molecule has 4 N–H and O–H groups in total. The first-order chi connectivity index (χ1) is 7.54. The molecular formula is C9H9Cl2N3O2. The molecule has 16 heavy (non-hydrogen) atoms. The molecule has 0 bridgehead atoms. The summed E-state index contributed by atoms with van der Waals surface area (Å²) in [4.78, 5) is 11.4. The normalized spacial score (nSPS) is 11.2. The summed E-state index contributed by atoms with van der Waals surface area (Å²) < 4.78 is 0. The summed E-state index contributed by atoms with van der Waals surface area (Å²) in [5.41, 5.74) is 5.60. The molecule has 0 saturated carbocycles. The molecule has 0 unspecified atom stereocenters. The van der Waals surface area contributed by atoms with Gasteiger partial charge in [-0.15, -0.1) is 0 Å². The zero-order valence-electron chi connectivity index (χ0n) is 8.08. The highest BCUT2D eigenvalue weighted by Gasteiger charge is 2.11. The van der Waals surface area contributed by atoms with Gasteiger partial charge < -0.3 is 10.9 Å². The second-order valence-electron chi connectivity index (χ2n) is 2.91. The minimum atomic E-state index is -0.467. The molecule has 0 aromatic heterocycles. The molecule has 0 aliphatic rings. The van der Waals surface area contributed by atoms with E-state index in [0.29, 0.717) is 15.6 Å². The van der Waals surface area contributed by atoms with Gasteiger partial charge in [-0.25, -0.2) is 0 Å². The number of hydrogen-bond donors (Lipinski definition) is 3. The van der Waals surface area contributed by atoms with Gasteiger partial charge in [0.25, 0.3) is 0 Å². The number of carbonyl (C=O) groups is 1. The lowest BCUT2D eigenvalue weighted by molar-refractivity contribution is -0.119. The summed E-state index contributed by atoms with van der Waals surface area (Å²) in [5.74, 6) is -0.849. The first-order valence-corrected chi connectivity index (χ1v) is 5.00. The number of benzene rings is 1. The van der Waals surface area contributed by atoms with Crippen LogP contribution in [0.15, 0.2) is 23.4 Å². The van der Waals surface area contributed by atoms with Gasteiger partial charge in [0.15, 0.2) is 0 Å². The number of rotatable bonds is 2. The third-order valence-corrected chi connectivity index (χ3v) is 2.48. The Morgan fingerprint density at radius 1 is 1.44 bits per heavy atom. The number of oxime groups is 1. The van der Waals surface area contributed by atoms with Gasteiger partial charge in [-0.1, -0.05) is 34.4 Å². The van der Waals surface area contributed by atoms with Crippen molar-refractivity contribution in [2.45, 2.75) is 6.42 Å². The van der Waals surface area contributed by atoms with Gasteiger partial charge in [0.2, 0.25) is 11.9 Å². The lowest BCUT2D eigenvalue weighted by Crippen LogP contribution is -2.37. The van der Waals surface area contributed by atoms with Crippen LogP contribution in [0, 0.1) is 0 Å². The maximum Gasteiger partial charge on any atom is 0.237 e. The lowest BCUT2D eigenvalue weighted by Gasteiger charge is -2.06. The van der Waals surface area contributed by atoms with Gasteiger partial charge in [-0.05, 0) is 17.7 Å². The predicted molar refractivity (Wildman–Crippen MR) is 61.7 cm³/mol. The molecule has 0 aliphatic heterocycles. The van der Waals surface area contributed by atoms with Crippen LogP contribution in [-0.2, 0) is 11.2 Å². The van der Waals surface area contributed by atoms with E-state index in [2.05, 4.69) is 10.5 Å². The van der Waals surface area contributed by atoms with Crippen molar-refractivity contribution >= 4 is 35.1 Å². The van der Waals surface area contributed by atoms with E-state index >= 15 is 0 Å². The number of nitrogens with one attached hydrogen (secondary N) is 1. The van der Waals surface area contributed by atoms with Crippen LogP contribution < -0.4 is 11.1 Å². The summed E-state index contributed by atoms with van der Waals surface area (Å²) in [7, 11) is 0. The number of nitrogens with zero attached hydrogens (tertiary/aromatic N) is 1. The third-order valence-electron chi connectivity index (χ3n) is 1.77. The lowest BCUT2D eigenvalue weighted by atomic mass is 10.1. The Bertz CT molecular complexity index is 415. The molecule has 1 aromatic rings. The van der Waals surface area contributed by atoms with Crippen LogP contribution in [0.4, 0.5) is 0 Å². The van der Waals surface area contributed by atoms with Crippen LogP contribution in [0.25, 0.3) is 0 Å². The van der Waals surface area contributed by atoms with Crippen LogP contribution in [0.2, 0.25) is 10.0 Å². The van der Waals surface area contributed by atoms with Crippen molar-refractivity contribution in [1.29, 1.82) is 0 Å². The highest BCUT2D eigenvalue weighted by molar-refractivity contribution is 6.36. The fraction of sp³-hybridized carbons (Fsp3) is 0.111. The van der Waals surface area contributed by atoms with E-state index in [0.717, 1.165) is 0 Å². The predicted octanol–water partition coefficient (Wildman–Crippen LogP) is 1.36. The minimum Gasteiger partial charge on any atom is -0.408 e. The van der Waals surface area contributed by atoms with Gasteiger partial charge in [0.05, 0.1) is 6.42 Å². The highest BCUT2D eigenvalue weighted by atomic mass is 35.5. The average Bonchev–Trinajstić information content (AvgIpc) is 2.23. The second-order valence-corrected chi connectivity index (χ2v) is 3.72. The molecule has 0 aliphatic carbocycles. The summed E-state index contributed by atoms with van der Waals surface area (Å²) in [6, 6.07) is 4.93. The largest absolute Gasteiger partial charge is 0.408 e. The molecule has 1 amide bonds. The van der Waals surface area contributed by atoms with Crippen molar-refractivity contribution in [3.8, 4) is 0 Å². The zero-order chi connectivity index (χ0) is 12.1. The smallest absolute Gasteiger partial charge is 0.237 e. The number of amides is 1. The van der Waals surface area contributed by atoms with Crippen molar-refractivity contribution in [2.75, 3.05) is 0 Å². The molecule has 7 heteroatoms. The molecule has 0 atom stereocenters. The molecule has 0 fully saturated rings. The molecular weight excluding hydrogens is 253 g/mol.